The van der Waals surface area contributed by atoms with E-state index in [9.17, 15) is 4.79 Å². The summed E-state index contributed by atoms with van der Waals surface area (Å²) in [5, 5.41) is 14.1. The first-order valence-corrected chi connectivity index (χ1v) is 11.8. The number of H-pyrrole nitrogens is 1. The van der Waals surface area contributed by atoms with Crippen molar-refractivity contribution in [1.82, 2.24) is 25.2 Å². The molecule has 0 spiro atoms. The Hall–Kier alpha value is -2.54. The van der Waals surface area contributed by atoms with E-state index in [1.54, 1.807) is 0 Å². The van der Waals surface area contributed by atoms with E-state index in [-0.39, 0.29) is 11.6 Å². The zero-order chi connectivity index (χ0) is 21.5. The van der Waals surface area contributed by atoms with Gasteiger partial charge in [0.1, 0.15) is 0 Å². The Morgan fingerprint density at radius 3 is 2.65 bits per heavy atom. The topological polar surface area (TPSA) is 80.9 Å². The molecule has 1 saturated heterocycles. The van der Waals surface area contributed by atoms with E-state index in [0.29, 0.717) is 12.0 Å². The van der Waals surface area contributed by atoms with Crippen molar-refractivity contribution in [3.8, 4) is 0 Å². The van der Waals surface area contributed by atoms with Crippen LogP contribution in [0, 0.1) is 19.8 Å². The normalized spacial score (nSPS) is 23.5. The van der Waals surface area contributed by atoms with E-state index in [4.69, 9.17) is 0 Å². The van der Waals surface area contributed by atoms with Gasteiger partial charge in [-0.25, -0.2) is 4.68 Å². The molecule has 1 aliphatic heterocycles. The average molecular weight is 422 g/mol. The van der Waals surface area contributed by atoms with Gasteiger partial charge < -0.3 is 9.88 Å². The van der Waals surface area contributed by atoms with Crippen molar-refractivity contribution in [2.24, 2.45) is 5.92 Å². The number of likely N-dealkylation sites (tertiary alicyclic amines) is 1. The molecule has 7 nitrogen and oxygen atoms in total. The van der Waals surface area contributed by atoms with E-state index in [0.717, 1.165) is 48.2 Å². The van der Waals surface area contributed by atoms with Gasteiger partial charge in [0.2, 0.25) is 5.82 Å². The lowest BCUT2D eigenvalue weighted by Gasteiger charge is -2.33. The first kappa shape index (κ1) is 20.4. The van der Waals surface area contributed by atoms with Crippen molar-refractivity contribution in [2.45, 2.75) is 71.4 Å². The molecule has 2 fully saturated rings. The lowest BCUT2D eigenvalue weighted by molar-refractivity contribution is -0.934. The predicted octanol–water partition coefficient (Wildman–Crippen LogP) is 2.65. The number of hydrogen-bond acceptors (Lipinski definition) is 4. The van der Waals surface area contributed by atoms with Crippen LogP contribution in [0.25, 0.3) is 10.9 Å². The summed E-state index contributed by atoms with van der Waals surface area (Å²) in [7, 11) is 0. The third kappa shape index (κ3) is 3.80. The lowest BCUT2D eigenvalue weighted by atomic mass is 9.95. The monoisotopic (exact) mass is 421 g/mol. The number of piperidine rings is 1. The third-order valence-electron chi connectivity index (χ3n) is 7.46. The molecule has 3 heterocycles. The molecule has 31 heavy (non-hydrogen) atoms. The van der Waals surface area contributed by atoms with E-state index < -0.39 is 0 Å². The molecule has 0 amide bonds. The molecular formula is C24H33N6O+. The molecule has 3 aromatic rings. The largest absolute Gasteiger partial charge is 0.322 e. The maximum Gasteiger partial charge on any atom is 0.258 e. The second-order valence-electron chi connectivity index (χ2n) is 9.79. The summed E-state index contributed by atoms with van der Waals surface area (Å²) in [5.41, 5.74) is 4.08. The Morgan fingerprint density at radius 1 is 1.10 bits per heavy atom. The highest BCUT2D eigenvalue weighted by Gasteiger charge is 2.38. The zero-order valence-electron chi connectivity index (χ0n) is 18.8. The predicted molar refractivity (Wildman–Crippen MR) is 120 cm³/mol. The summed E-state index contributed by atoms with van der Waals surface area (Å²) in [6.45, 7) is 8.59. The smallest absolute Gasteiger partial charge is 0.258 e. The minimum Gasteiger partial charge on any atom is -0.322 e. The standard InChI is InChI=1S/C24H32N6O/c1-15-7-6-10-29(14-15)22(23-26-27-28-30(23)19-8-4-5-9-19)20-13-18-11-16(2)17(3)12-21(18)25-24(20)31/h11-13,15,19,22H,4-10,14H2,1-3H3,(H,25,31)/p+1/t15-,22-/m0/s1. The molecule has 5 rings (SSSR count). The van der Waals surface area contributed by atoms with Gasteiger partial charge in [-0.15, -0.1) is 5.10 Å². The van der Waals surface area contributed by atoms with Crippen molar-refractivity contribution < 1.29 is 4.90 Å². The molecule has 2 N–H and O–H groups in total. The summed E-state index contributed by atoms with van der Waals surface area (Å²) < 4.78 is 2.04. The second-order valence-corrected chi connectivity index (χ2v) is 9.79. The van der Waals surface area contributed by atoms with Crippen molar-refractivity contribution in [3.63, 3.8) is 0 Å². The minimum absolute atomic E-state index is 0.0209. The quantitative estimate of drug-likeness (QED) is 0.679. The summed E-state index contributed by atoms with van der Waals surface area (Å²) in [4.78, 5) is 17.9. The number of aromatic amines is 1. The Kier molecular flexibility index (Phi) is 5.38. The molecule has 7 heteroatoms. The van der Waals surface area contributed by atoms with Crippen LogP contribution in [0.3, 0.4) is 0 Å². The number of fused-ring (bicyclic) bond motifs is 1. The number of aromatic nitrogens is 5. The van der Waals surface area contributed by atoms with Crippen molar-refractivity contribution in [1.29, 1.82) is 0 Å². The number of hydrogen-bond donors (Lipinski definition) is 2. The minimum atomic E-state index is -0.145. The number of nitrogens with zero attached hydrogens (tertiary/aromatic N) is 4. The Balaban J connectivity index is 1.66. The number of nitrogens with one attached hydrogen (secondary N) is 2. The van der Waals surface area contributed by atoms with Crippen LogP contribution < -0.4 is 10.5 Å². The van der Waals surface area contributed by atoms with Crippen LogP contribution in [0.4, 0.5) is 0 Å². The van der Waals surface area contributed by atoms with Gasteiger partial charge in [-0.3, -0.25) is 4.79 Å². The van der Waals surface area contributed by atoms with Gasteiger partial charge >= 0.3 is 0 Å². The van der Waals surface area contributed by atoms with Crippen LogP contribution in [0.1, 0.15) is 80.0 Å². The fraction of sp³-hybridized carbons (Fsp3) is 0.583. The molecule has 1 unspecified atom stereocenters. The molecule has 2 aromatic heterocycles. The number of pyridine rings is 1. The molecule has 2 aliphatic rings. The summed E-state index contributed by atoms with van der Waals surface area (Å²) in [5.74, 6) is 1.48. The highest BCUT2D eigenvalue weighted by atomic mass is 16.1. The first-order valence-electron chi connectivity index (χ1n) is 11.8. The maximum atomic E-state index is 13.4. The number of benzene rings is 1. The van der Waals surface area contributed by atoms with Gasteiger partial charge in [-0.05, 0) is 84.7 Å². The molecular weight excluding hydrogens is 388 g/mol. The van der Waals surface area contributed by atoms with Gasteiger partial charge in [-0.2, -0.15) is 0 Å². The summed E-state index contributed by atoms with van der Waals surface area (Å²) >= 11 is 0. The van der Waals surface area contributed by atoms with E-state index in [2.05, 4.69) is 59.5 Å². The highest BCUT2D eigenvalue weighted by molar-refractivity contribution is 5.80. The molecule has 1 aromatic carbocycles. The summed E-state index contributed by atoms with van der Waals surface area (Å²) in [6.07, 6.45) is 7.08. The molecule has 0 radical (unpaired) electrons. The molecule has 1 saturated carbocycles. The van der Waals surface area contributed by atoms with Gasteiger partial charge in [0, 0.05) is 11.4 Å². The van der Waals surface area contributed by atoms with Gasteiger partial charge in [0.15, 0.2) is 6.04 Å². The number of quaternary nitrogens is 1. The van der Waals surface area contributed by atoms with Gasteiger partial charge in [0.25, 0.3) is 5.56 Å². The zero-order valence-corrected chi connectivity index (χ0v) is 18.8. The Morgan fingerprint density at radius 2 is 1.87 bits per heavy atom. The highest BCUT2D eigenvalue weighted by Crippen LogP contribution is 2.31. The summed E-state index contributed by atoms with van der Waals surface area (Å²) in [6, 6.07) is 6.54. The molecule has 1 aliphatic carbocycles. The number of rotatable bonds is 4. The second kappa shape index (κ2) is 8.19. The van der Waals surface area contributed by atoms with Crippen LogP contribution in [0.15, 0.2) is 23.0 Å². The van der Waals surface area contributed by atoms with E-state index in [1.807, 2.05) is 4.68 Å². The van der Waals surface area contributed by atoms with Crippen LogP contribution >= 0.6 is 0 Å². The molecule has 3 atom stereocenters. The third-order valence-corrected chi connectivity index (χ3v) is 7.46. The van der Waals surface area contributed by atoms with Gasteiger partial charge in [0.05, 0.1) is 24.7 Å². The average Bonchev–Trinajstić information content (AvgIpc) is 3.42. The van der Waals surface area contributed by atoms with Crippen molar-refractivity contribution in [2.75, 3.05) is 13.1 Å². The van der Waals surface area contributed by atoms with Gasteiger partial charge in [-0.1, -0.05) is 19.8 Å². The van der Waals surface area contributed by atoms with Crippen LogP contribution in [-0.4, -0.2) is 38.3 Å². The Bertz CT molecular complexity index is 1140. The first-order chi connectivity index (χ1) is 15.0. The van der Waals surface area contributed by atoms with Crippen molar-refractivity contribution >= 4 is 10.9 Å². The van der Waals surface area contributed by atoms with Crippen LogP contribution in [0.5, 0.6) is 0 Å². The van der Waals surface area contributed by atoms with E-state index >= 15 is 0 Å². The van der Waals surface area contributed by atoms with Crippen LogP contribution in [0.2, 0.25) is 0 Å². The molecule has 164 valence electrons. The van der Waals surface area contributed by atoms with Crippen molar-refractivity contribution in [3.05, 3.63) is 51.1 Å². The fourth-order valence-electron chi connectivity index (χ4n) is 5.64. The SMILES string of the molecule is Cc1cc2cc([C@@H](c3nnnn3C3CCCC3)[NH+]3CCC[C@H](C)C3)c(=O)[nH]c2cc1C. The van der Waals surface area contributed by atoms with Crippen LogP contribution in [-0.2, 0) is 0 Å². The maximum absolute atomic E-state index is 13.4. The lowest BCUT2D eigenvalue weighted by Crippen LogP contribution is -3.14. The number of aryl methyl sites for hydroxylation is 2. The Labute approximate surface area is 182 Å². The van der Waals surface area contributed by atoms with E-state index in [1.165, 1.54) is 41.7 Å². The molecule has 0 bridgehead atoms. The fourth-order valence-corrected chi connectivity index (χ4v) is 5.64. The number of tetrazole rings is 1.